The quantitative estimate of drug-likeness (QED) is 0.352. The molecule has 1 heterocycles. The third kappa shape index (κ3) is 6.72. The maximum Gasteiger partial charge on any atom is 0.411 e. The second-order valence-corrected chi connectivity index (χ2v) is 7.30. The molecule has 2 aromatic carbocycles. The van der Waals surface area contributed by atoms with Gasteiger partial charge in [0.2, 0.25) is 5.91 Å². The molecule has 3 rings (SSSR count). The molecule has 0 aliphatic rings. The van der Waals surface area contributed by atoms with Gasteiger partial charge in [-0.1, -0.05) is 17.8 Å². The molecule has 0 spiro atoms. The highest BCUT2D eigenvalue weighted by atomic mass is 32.2. The van der Waals surface area contributed by atoms with Gasteiger partial charge in [-0.25, -0.2) is 4.79 Å². The number of ether oxygens (including phenoxy) is 3. The van der Waals surface area contributed by atoms with E-state index in [2.05, 4.69) is 20.8 Å². The number of nitrogens with zero attached hydrogens (tertiary/aromatic N) is 3. The summed E-state index contributed by atoms with van der Waals surface area (Å²) in [4.78, 5) is 24.2. The molecular formula is C21H23N5O5S. The van der Waals surface area contributed by atoms with Gasteiger partial charge in [-0.2, -0.15) is 0 Å². The monoisotopic (exact) mass is 457 g/mol. The number of rotatable bonds is 10. The molecule has 0 aliphatic carbocycles. The molecular weight excluding hydrogens is 434 g/mol. The molecule has 2 amide bonds. The van der Waals surface area contributed by atoms with Crippen LogP contribution in [0.15, 0.2) is 60.0 Å². The number of amides is 2. The summed E-state index contributed by atoms with van der Waals surface area (Å²) in [7, 11) is 3.13. The highest BCUT2D eigenvalue weighted by Gasteiger charge is 2.11. The van der Waals surface area contributed by atoms with E-state index in [4.69, 9.17) is 14.2 Å². The van der Waals surface area contributed by atoms with Gasteiger partial charge >= 0.3 is 6.09 Å². The van der Waals surface area contributed by atoms with Crippen molar-refractivity contribution in [2.45, 2.75) is 5.16 Å². The van der Waals surface area contributed by atoms with Crippen LogP contribution in [0, 0.1) is 0 Å². The van der Waals surface area contributed by atoms with Crippen molar-refractivity contribution in [2.24, 2.45) is 0 Å². The Hall–Kier alpha value is -3.57. The summed E-state index contributed by atoms with van der Waals surface area (Å²) in [6.07, 6.45) is 0.988. The highest BCUT2D eigenvalue weighted by Crippen LogP contribution is 2.22. The summed E-state index contributed by atoms with van der Waals surface area (Å²) in [5, 5.41) is 14.0. The predicted octanol–water partition coefficient (Wildman–Crippen LogP) is 3.20. The number of aromatic nitrogens is 3. The van der Waals surface area contributed by atoms with E-state index in [0.717, 1.165) is 11.4 Å². The molecule has 10 nitrogen and oxygen atoms in total. The number of methoxy groups -OCH3 is 2. The number of thioether (sulfide) groups is 1. The molecule has 0 atom stereocenters. The summed E-state index contributed by atoms with van der Waals surface area (Å²) in [6.45, 7) is 0.463. The van der Waals surface area contributed by atoms with Crippen LogP contribution < -0.4 is 15.4 Å². The zero-order valence-electron chi connectivity index (χ0n) is 17.6. The van der Waals surface area contributed by atoms with Gasteiger partial charge in [0, 0.05) is 24.2 Å². The van der Waals surface area contributed by atoms with Crippen molar-refractivity contribution in [2.75, 3.05) is 43.8 Å². The number of benzene rings is 2. The second-order valence-electron chi connectivity index (χ2n) is 6.35. The molecule has 0 saturated heterocycles. The maximum absolute atomic E-state index is 12.4. The SMILES string of the molecule is COCCOC(=O)Nc1cccc(NC(=O)CSc2nncn2-c2ccc(OC)cc2)c1. The van der Waals surface area contributed by atoms with Crippen LogP contribution in [0.5, 0.6) is 5.75 Å². The van der Waals surface area contributed by atoms with Crippen molar-refractivity contribution in [3.05, 3.63) is 54.9 Å². The molecule has 1 aromatic heterocycles. The first-order valence-corrected chi connectivity index (χ1v) is 10.6. The fourth-order valence-corrected chi connectivity index (χ4v) is 3.35. The number of anilines is 2. The van der Waals surface area contributed by atoms with Gasteiger partial charge in [-0.05, 0) is 42.5 Å². The van der Waals surface area contributed by atoms with E-state index >= 15 is 0 Å². The highest BCUT2D eigenvalue weighted by molar-refractivity contribution is 7.99. The van der Waals surface area contributed by atoms with Crippen LogP contribution in [0.25, 0.3) is 5.69 Å². The summed E-state index contributed by atoms with van der Waals surface area (Å²) in [5.41, 5.74) is 1.90. The Morgan fingerprint density at radius 3 is 2.50 bits per heavy atom. The topological polar surface area (TPSA) is 117 Å². The minimum Gasteiger partial charge on any atom is -0.497 e. The van der Waals surface area contributed by atoms with Gasteiger partial charge in [-0.3, -0.25) is 14.7 Å². The second kappa shape index (κ2) is 11.7. The fourth-order valence-electron chi connectivity index (χ4n) is 2.62. The minimum atomic E-state index is -0.598. The molecule has 3 aromatic rings. The van der Waals surface area contributed by atoms with Gasteiger partial charge in [0.1, 0.15) is 18.7 Å². The predicted molar refractivity (Wildman–Crippen MR) is 121 cm³/mol. The van der Waals surface area contributed by atoms with E-state index in [1.165, 1.54) is 18.9 Å². The van der Waals surface area contributed by atoms with Crippen LogP contribution in [-0.2, 0) is 14.3 Å². The van der Waals surface area contributed by atoms with Gasteiger partial charge in [-0.15, -0.1) is 10.2 Å². The summed E-state index contributed by atoms with van der Waals surface area (Å²) < 4.78 is 16.7. The number of nitrogens with one attached hydrogen (secondary N) is 2. The number of carbonyl (C=O) groups excluding carboxylic acids is 2. The Balaban J connectivity index is 1.53. The lowest BCUT2D eigenvalue weighted by molar-refractivity contribution is -0.113. The van der Waals surface area contributed by atoms with Crippen molar-refractivity contribution in [3.8, 4) is 11.4 Å². The molecule has 2 N–H and O–H groups in total. The van der Waals surface area contributed by atoms with Crippen molar-refractivity contribution < 1.29 is 23.8 Å². The number of hydrogen-bond donors (Lipinski definition) is 2. The lowest BCUT2D eigenvalue weighted by Crippen LogP contribution is -2.17. The minimum absolute atomic E-state index is 0.131. The van der Waals surface area contributed by atoms with E-state index in [-0.39, 0.29) is 18.3 Å². The van der Waals surface area contributed by atoms with Crippen LogP contribution in [0.2, 0.25) is 0 Å². The smallest absolute Gasteiger partial charge is 0.411 e. The fraction of sp³-hybridized carbons (Fsp3) is 0.238. The number of hydrogen-bond acceptors (Lipinski definition) is 8. The molecule has 0 unspecified atom stereocenters. The van der Waals surface area contributed by atoms with E-state index in [0.29, 0.717) is 23.1 Å². The first kappa shape index (κ1) is 23.1. The summed E-state index contributed by atoms with van der Waals surface area (Å²) >= 11 is 1.26. The largest absolute Gasteiger partial charge is 0.497 e. The maximum atomic E-state index is 12.4. The van der Waals surface area contributed by atoms with E-state index in [1.54, 1.807) is 42.3 Å². The Kier molecular flexibility index (Phi) is 8.46. The Bertz CT molecular complexity index is 1040. The van der Waals surface area contributed by atoms with Crippen molar-refractivity contribution in [3.63, 3.8) is 0 Å². The molecule has 168 valence electrons. The standard InChI is InChI=1S/C21H23N5O5S/c1-29-10-11-31-21(28)24-16-5-3-4-15(12-16)23-19(27)13-32-20-25-22-14-26(20)17-6-8-18(30-2)9-7-17/h3-9,12,14H,10-11,13H2,1-2H3,(H,23,27)(H,24,28). The van der Waals surface area contributed by atoms with E-state index < -0.39 is 6.09 Å². The number of carbonyl (C=O) groups is 2. The van der Waals surface area contributed by atoms with Gasteiger partial charge in [0.25, 0.3) is 0 Å². The average molecular weight is 458 g/mol. The van der Waals surface area contributed by atoms with Crippen molar-refractivity contribution in [1.29, 1.82) is 0 Å². The van der Waals surface area contributed by atoms with Gasteiger partial charge < -0.3 is 19.5 Å². The van der Waals surface area contributed by atoms with Crippen LogP contribution >= 0.6 is 11.8 Å². The third-order valence-electron chi connectivity index (χ3n) is 4.11. The van der Waals surface area contributed by atoms with E-state index in [1.807, 2.05) is 24.3 Å². The Morgan fingerprint density at radius 1 is 1.03 bits per heavy atom. The van der Waals surface area contributed by atoms with Crippen LogP contribution in [0.1, 0.15) is 0 Å². The third-order valence-corrected chi connectivity index (χ3v) is 5.06. The first-order chi connectivity index (χ1) is 15.6. The van der Waals surface area contributed by atoms with E-state index in [9.17, 15) is 9.59 Å². The lowest BCUT2D eigenvalue weighted by atomic mass is 10.3. The Morgan fingerprint density at radius 2 is 1.78 bits per heavy atom. The van der Waals surface area contributed by atoms with Crippen LogP contribution in [0.4, 0.5) is 16.2 Å². The normalized spacial score (nSPS) is 10.4. The van der Waals surface area contributed by atoms with Crippen molar-refractivity contribution in [1.82, 2.24) is 14.8 Å². The molecule has 32 heavy (non-hydrogen) atoms. The zero-order chi connectivity index (χ0) is 22.8. The first-order valence-electron chi connectivity index (χ1n) is 9.59. The molecule has 0 aliphatic heterocycles. The zero-order valence-corrected chi connectivity index (χ0v) is 18.4. The molecule has 11 heteroatoms. The van der Waals surface area contributed by atoms with Crippen molar-refractivity contribution >= 4 is 35.1 Å². The average Bonchev–Trinajstić information content (AvgIpc) is 3.27. The molecule has 0 saturated carbocycles. The van der Waals surface area contributed by atoms with Crippen LogP contribution in [0.3, 0.4) is 0 Å². The lowest BCUT2D eigenvalue weighted by Gasteiger charge is -2.10. The van der Waals surface area contributed by atoms with Gasteiger partial charge in [0.05, 0.1) is 19.5 Å². The summed E-state index contributed by atoms with van der Waals surface area (Å²) in [5.74, 6) is 0.653. The van der Waals surface area contributed by atoms with Gasteiger partial charge in [0.15, 0.2) is 5.16 Å². The Labute approximate surface area is 189 Å². The molecule has 0 radical (unpaired) electrons. The summed E-state index contributed by atoms with van der Waals surface area (Å²) in [6, 6.07) is 14.2. The molecule has 0 fully saturated rings. The molecule has 0 bridgehead atoms. The van der Waals surface area contributed by atoms with Crippen LogP contribution in [-0.4, -0.2) is 60.0 Å².